The summed E-state index contributed by atoms with van der Waals surface area (Å²) in [6, 6.07) is 70.0. The predicted octanol–water partition coefficient (Wildman–Crippen LogP) is 13.4. The molecule has 10 rings (SSSR count). The van der Waals surface area contributed by atoms with Gasteiger partial charge in [-0.15, -0.1) is 0 Å². The maximum atomic E-state index is 2.38. The molecule has 2 heteroatoms. The van der Waals surface area contributed by atoms with E-state index in [4.69, 9.17) is 0 Å². The molecule has 0 saturated carbocycles. The molecule has 8 aromatic carbocycles. The number of benzene rings is 8. The first kappa shape index (κ1) is 30.0. The summed E-state index contributed by atoms with van der Waals surface area (Å²) in [4.78, 5) is 0. The van der Waals surface area contributed by atoms with Gasteiger partial charge in [-0.05, 0) is 94.0 Å². The van der Waals surface area contributed by atoms with E-state index in [1.54, 1.807) is 0 Å². The van der Waals surface area contributed by atoms with Crippen LogP contribution >= 0.6 is 0 Å². The van der Waals surface area contributed by atoms with Gasteiger partial charge in [0.1, 0.15) is 0 Å². The number of fused-ring (bicyclic) bond motifs is 6. The average Bonchev–Trinajstić information content (AvgIpc) is 3.74. The van der Waals surface area contributed by atoms with Crippen molar-refractivity contribution in [3.05, 3.63) is 205 Å². The molecule has 0 bridgehead atoms. The van der Waals surface area contributed by atoms with E-state index in [1.165, 1.54) is 77.0 Å². The molecule has 0 atom stereocenters. The van der Waals surface area contributed by atoms with Gasteiger partial charge >= 0.3 is 0 Å². The second-order valence-corrected chi connectivity index (χ2v) is 13.4. The zero-order chi connectivity index (χ0) is 34.4. The zero-order valence-electron chi connectivity index (χ0n) is 28.5. The van der Waals surface area contributed by atoms with Crippen LogP contribution in [0, 0.1) is 0 Å². The molecule has 10 aromatic rings. The minimum Gasteiger partial charge on any atom is -0.309 e. The Morgan fingerprint density at radius 1 is 0.269 bits per heavy atom. The summed E-state index contributed by atoms with van der Waals surface area (Å²) < 4.78 is 4.74. The van der Waals surface area contributed by atoms with E-state index < -0.39 is 0 Å². The highest BCUT2D eigenvalue weighted by Crippen LogP contribution is 2.35. The van der Waals surface area contributed by atoms with Gasteiger partial charge in [-0.3, -0.25) is 0 Å². The Bertz CT molecular complexity index is 2850. The fraction of sp³-hybridized carbons (Fsp3) is 0. The van der Waals surface area contributed by atoms with E-state index in [0.717, 1.165) is 11.4 Å². The van der Waals surface area contributed by atoms with Gasteiger partial charge < -0.3 is 9.13 Å². The van der Waals surface area contributed by atoms with Crippen molar-refractivity contribution in [1.29, 1.82) is 0 Å². The van der Waals surface area contributed by atoms with Gasteiger partial charge in [0.15, 0.2) is 0 Å². The van der Waals surface area contributed by atoms with E-state index in [1.807, 2.05) is 0 Å². The first-order valence-corrected chi connectivity index (χ1v) is 17.8. The van der Waals surface area contributed by atoms with Crippen molar-refractivity contribution < 1.29 is 0 Å². The molecule has 0 aliphatic rings. The predicted molar refractivity (Wildman–Crippen MR) is 221 cm³/mol. The second-order valence-electron chi connectivity index (χ2n) is 13.4. The van der Waals surface area contributed by atoms with Crippen LogP contribution in [0.3, 0.4) is 0 Å². The molecule has 0 spiro atoms. The Hall–Kier alpha value is -6.90. The highest BCUT2D eigenvalue weighted by atomic mass is 15.0. The first-order valence-electron chi connectivity index (χ1n) is 17.8. The maximum absolute atomic E-state index is 2.38. The molecule has 52 heavy (non-hydrogen) atoms. The van der Waals surface area contributed by atoms with Crippen LogP contribution in [0.2, 0.25) is 0 Å². The number of hydrogen-bond donors (Lipinski definition) is 0. The topological polar surface area (TPSA) is 9.86 Å². The Kier molecular flexibility index (Phi) is 7.18. The fourth-order valence-corrected chi connectivity index (χ4v) is 7.87. The van der Waals surface area contributed by atoms with Gasteiger partial charge in [0.05, 0.1) is 22.1 Å². The fourth-order valence-electron chi connectivity index (χ4n) is 7.87. The SMILES string of the molecule is C(=Cc1cccc(-c2cccc(-n3c4ccccc4c4ccccc43)c2)c1)c1cccc(-c2ccc(-n3c4ccccc4c4ccccc43)cc2)c1. The average molecular weight is 663 g/mol. The van der Waals surface area contributed by atoms with Crippen LogP contribution in [0.5, 0.6) is 0 Å². The number of nitrogens with zero attached hydrogens (tertiary/aromatic N) is 2. The minimum atomic E-state index is 1.16. The molecule has 0 unspecified atom stereocenters. The zero-order valence-corrected chi connectivity index (χ0v) is 28.5. The number of para-hydroxylation sites is 4. The van der Waals surface area contributed by atoms with Crippen molar-refractivity contribution in [3.8, 4) is 33.6 Å². The van der Waals surface area contributed by atoms with E-state index in [9.17, 15) is 0 Å². The molecule has 2 nitrogen and oxygen atoms in total. The number of hydrogen-bond acceptors (Lipinski definition) is 0. The minimum absolute atomic E-state index is 1.16. The first-order chi connectivity index (χ1) is 25.8. The molecular weight excluding hydrogens is 629 g/mol. The van der Waals surface area contributed by atoms with Crippen molar-refractivity contribution in [1.82, 2.24) is 9.13 Å². The lowest BCUT2D eigenvalue weighted by molar-refractivity contribution is 1.18. The molecule has 0 aliphatic heterocycles. The van der Waals surface area contributed by atoms with Gasteiger partial charge in [-0.1, -0.05) is 146 Å². The van der Waals surface area contributed by atoms with Crippen LogP contribution in [0.25, 0.3) is 89.4 Å². The van der Waals surface area contributed by atoms with E-state index in [0.29, 0.717) is 0 Å². The van der Waals surface area contributed by atoms with Crippen LogP contribution in [0.4, 0.5) is 0 Å². The number of rotatable bonds is 6. The van der Waals surface area contributed by atoms with Gasteiger partial charge in [0.2, 0.25) is 0 Å². The smallest absolute Gasteiger partial charge is 0.0541 e. The van der Waals surface area contributed by atoms with Gasteiger partial charge in [0.25, 0.3) is 0 Å². The van der Waals surface area contributed by atoms with Crippen molar-refractivity contribution in [2.24, 2.45) is 0 Å². The molecule has 244 valence electrons. The van der Waals surface area contributed by atoms with Crippen molar-refractivity contribution in [3.63, 3.8) is 0 Å². The summed E-state index contributed by atoms with van der Waals surface area (Å²) in [5.41, 5.74) is 14.3. The highest BCUT2D eigenvalue weighted by Gasteiger charge is 2.13. The van der Waals surface area contributed by atoms with Gasteiger partial charge in [0, 0.05) is 32.9 Å². The molecule has 0 amide bonds. The summed E-state index contributed by atoms with van der Waals surface area (Å²) in [6.45, 7) is 0. The molecule has 0 saturated heterocycles. The Labute approximate surface area is 302 Å². The lowest BCUT2D eigenvalue weighted by atomic mass is 10.0. The van der Waals surface area contributed by atoms with Crippen molar-refractivity contribution in [2.75, 3.05) is 0 Å². The van der Waals surface area contributed by atoms with Crippen LogP contribution in [0.15, 0.2) is 194 Å². The second kappa shape index (κ2) is 12.5. The van der Waals surface area contributed by atoms with E-state index in [-0.39, 0.29) is 0 Å². The number of aromatic nitrogens is 2. The molecule has 0 fully saturated rings. The maximum Gasteiger partial charge on any atom is 0.0541 e. The standard InChI is InChI=1S/C50H34N2/c1-5-22-47-43(18-1)44-19-2-6-23-48(44)51(47)41-30-28-37(29-31-41)38-14-9-12-35(32-38)26-27-36-13-10-15-39(33-36)40-16-11-17-42(34-40)52-49-24-7-3-20-45(49)46-21-4-8-25-50(46)52/h1-34H. The van der Waals surface area contributed by atoms with Gasteiger partial charge in [-0.25, -0.2) is 0 Å². The molecular formula is C50H34N2. The molecule has 0 radical (unpaired) electrons. The van der Waals surface area contributed by atoms with Crippen LogP contribution in [-0.2, 0) is 0 Å². The summed E-state index contributed by atoms with van der Waals surface area (Å²) in [6.07, 6.45) is 4.42. The van der Waals surface area contributed by atoms with Crippen LogP contribution in [0.1, 0.15) is 11.1 Å². The van der Waals surface area contributed by atoms with E-state index in [2.05, 4.69) is 215 Å². The lowest BCUT2D eigenvalue weighted by Gasteiger charge is -2.11. The lowest BCUT2D eigenvalue weighted by Crippen LogP contribution is -1.94. The molecule has 2 heterocycles. The van der Waals surface area contributed by atoms with E-state index >= 15 is 0 Å². The summed E-state index contributed by atoms with van der Waals surface area (Å²) in [7, 11) is 0. The highest BCUT2D eigenvalue weighted by molar-refractivity contribution is 6.10. The molecule has 0 N–H and O–H groups in total. The summed E-state index contributed by atoms with van der Waals surface area (Å²) in [5, 5.41) is 5.10. The van der Waals surface area contributed by atoms with Crippen molar-refractivity contribution in [2.45, 2.75) is 0 Å². The van der Waals surface area contributed by atoms with Crippen LogP contribution < -0.4 is 0 Å². The monoisotopic (exact) mass is 662 g/mol. The Morgan fingerprint density at radius 2 is 0.654 bits per heavy atom. The Morgan fingerprint density at radius 3 is 1.13 bits per heavy atom. The third kappa shape index (κ3) is 5.12. The molecule has 2 aromatic heterocycles. The quantitative estimate of drug-likeness (QED) is 0.157. The summed E-state index contributed by atoms with van der Waals surface area (Å²) in [5.74, 6) is 0. The normalized spacial score (nSPS) is 11.8. The largest absolute Gasteiger partial charge is 0.309 e. The van der Waals surface area contributed by atoms with Crippen molar-refractivity contribution >= 4 is 55.8 Å². The Balaban J connectivity index is 0.930. The van der Waals surface area contributed by atoms with Gasteiger partial charge in [-0.2, -0.15) is 0 Å². The molecule has 0 aliphatic carbocycles. The third-order valence-electron chi connectivity index (χ3n) is 10.3. The summed E-state index contributed by atoms with van der Waals surface area (Å²) >= 11 is 0. The van der Waals surface area contributed by atoms with Crippen LogP contribution in [-0.4, -0.2) is 9.13 Å². The third-order valence-corrected chi connectivity index (χ3v) is 10.3.